The molecule has 6 heteroatoms. The molecule has 0 bridgehead atoms. The predicted octanol–water partition coefficient (Wildman–Crippen LogP) is 3.59. The zero-order valence-electron chi connectivity index (χ0n) is 9.95. The number of aryl methyl sites for hydroxylation is 2. The van der Waals surface area contributed by atoms with Gasteiger partial charge in [-0.2, -0.15) is 0 Å². The molecule has 0 saturated carbocycles. The lowest BCUT2D eigenvalue weighted by molar-refractivity contribution is 0.261. The first kappa shape index (κ1) is 12.4. The Hall–Kier alpha value is -2.01. The summed E-state index contributed by atoms with van der Waals surface area (Å²) in [4.78, 5) is 11.7. The number of carbonyl (C=O) groups excluding carboxylic acids is 1. The molecule has 0 aliphatic heterocycles. The molecule has 0 spiro atoms. The second kappa shape index (κ2) is 5.10. The number of nitrogens with one attached hydrogen (secondary N) is 2. The number of hydrogen-bond acceptors (Lipinski definition) is 3. The quantitative estimate of drug-likeness (QED) is 0.872. The first-order chi connectivity index (χ1) is 8.56. The third kappa shape index (κ3) is 2.81. The highest BCUT2D eigenvalue weighted by Crippen LogP contribution is 2.27. The first-order valence-corrected chi connectivity index (χ1v) is 5.69. The molecular weight excluding hydrogens is 254 g/mol. The molecule has 1 heterocycles. The number of amides is 2. The van der Waals surface area contributed by atoms with Gasteiger partial charge in [0.05, 0.1) is 16.9 Å². The van der Waals surface area contributed by atoms with Crippen LogP contribution in [0.4, 0.5) is 16.4 Å². The molecule has 2 N–H and O–H groups in total. The van der Waals surface area contributed by atoms with Crippen LogP contribution in [0.3, 0.4) is 0 Å². The number of anilines is 2. The lowest BCUT2D eigenvalue weighted by Crippen LogP contribution is -2.20. The van der Waals surface area contributed by atoms with Gasteiger partial charge in [0, 0.05) is 6.07 Å². The Morgan fingerprint density at radius 1 is 1.33 bits per heavy atom. The van der Waals surface area contributed by atoms with Crippen molar-refractivity contribution in [2.45, 2.75) is 13.8 Å². The van der Waals surface area contributed by atoms with Crippen LogP contribution in [-0.4, -0.2) is 11.2 Å². The van der Waals surface area contributed by atoms with Crippen LogP contribution in [-0.2, 0) is 0 Å². The SMILES string of the molecule is Cc1cc(C)c(NC(=O)Nc2ccno2)c(Cl)c1. The topological polar surface area (TPSA) is 67.2 Å². The fourth-order valence-electron chi connectivity index (χ4n) is 1.61. The average molecular weight is 266 g/mol. The van der Waals surface area contributed by atoms with Crippen molar-refractivity contribution in [2.75, 3.05) is 10.6 Å². The summed E-state index contributed by atoms with van der Waals surface area (Å²) < 4.78 is 4.77. The molecule has 0 fully saturated rings. The van der Waals surface area contributed by atoms with Gasteiger partial charge in [-0.1, -0.05) is 22.8 Å². The zero-order valence-corrected chi connectivity index (χ0v) is 10.7. The molecule has 0 atom stereocenters. The summed E-state index contributed by atoms with van der Waals surface area (Å²) in [5.41, 5.74) is 2.52. The van der Waals surface area contributed by atoms with Crippen molar-refractivity contribution in [1.82, 2.24) is 5.16 Å². The summed E-state index contributed by atoms with van der Waals surface area (Å²) in [7, 11) is 0. The summed E-state index contributed by atoms with van der Waals surface area (Å²) >= 11 is 6.08. The first-order valence-electron chi connectivity index (χ1n) is 5.31. The predicted molar refractivity (Wildman–Crippen MR) is 70.1 cm³/mol. The number of aromatic nitrogens is 1. The second-order valence-corrected chi connectivity index (χ2v) is 4.30. The molecule has 0 unspecified atom stereocenters. The number of halogens is 1. The Bertz CT molecular complexity index is 544. The van der Waals surface area contributed by atoms with E-state index >= 15 is 0 Å². The Labute approximate surface area is 109 Å². The van der Waals surface area contributed by atoms with E-state index in [-0.39, 0.29) is 5.88 Å². The van der Waals surface area contributed by atoms with E-state index in [2.05, 4.69) is 15.8 Å². The van der Waals surface area contributed by atoms with Gasteiger partial charge in [0.25, 0.3) is 0 Å². The fraction of sp³-hybridized carbons (Fsp3) is 0.167. The third-order valence-electron chi connectivity index (χ3n) is 2.34. The van der Waals surface area contributed by atoms with Gasteiger partial charge in [-0.25, -0.2) is 4.79 Å². The Morgan fingerprint density at radius 3 is 2.72 bits per heavy atom. The monoisotopic (exact) mass is 265 g/mol. The van der Waals surface area contributed by atoms with Crippen molar-refractivity contribution >= 4 is 29.2 Å². The molecule has 2 aromatic rings. The van der Waals surface area contributed by atoms with E-state index in [9.17, 15) is 4.79 Å². The van der Waals surface area contributed by atoms with Crippen molar-refractivity contribution in [3.8, 4) is 0 Å². The van der Waals surface area contributed by atoms with Crippen LogP contribution in [0.1, 0.15) is 11.1 Å². The molecule has 0 saturated heterocycles. The van der Waals surface area contributed by atoms with Crippen LogP contribution in [0.2, 0.25) is 5.02 Å². The van der Waals surface area contributed by atoms with Crippen LogP contribution >= 0.6 is 11.6 Å². The second-order valence-electron chi connectivity index (χ2n) is 3.89. The molecule has 1 aromatic carbocycles. The van der Waals surface area contributed by atoms with E-state index in [4.69, 9.17) is 16.1 Å². The van der Waals surface area contributed by atoms with Gasteiger partial charge in [-0.05, 0) is 31.0 Å². The number of urea groups is 1. The maximum atomic E-state index is 11.7. The van der Waals surface area contributed by atoms with Gasteiger partial charge in [0.2, 0.25) is 5.88 Å². The van der Waals surface area contributed by atoms with Gasteiger partial charge < -0.3 is 9.84 Å². The standard InChI is InChI=1S/C12H12ClN3O2/c1-7-5-8(2)11(9(13)6-7)16-12(17)15-10-3-4-14-18-10/h3-6H,1-2H3,(H2,15,16,17). The van der Waals surface area contributed by atoms with Crippen LogP contribution in [0, 0.1) is 13.8 Å². The van der Waals surface area contributed by atoms with Gasteiger partial charge in [-0.3, -0.25) is 5.32 Å². The molecule has 0 radical (unpaired) electrons. The van der Waals surface area contributed by atoms with Crippen LogP contribution in [0.5, 0.6) is 0 Å². The van der Waals surface area contributed by atoms with Gasteiger partial charge >= 0.3 is 6.03 Å². The Morgan fingerprint density at radius 2 is 2.11 bits per heavy atom. The van der Waals surface area contributed by atoms with Crippen molar-refractivity contribution in [3.05, 3.63) is 40.5 Å². The minimum absolute atomic E-state index is 0.272. The molecule has 1 aromatic heterocycles. The summed E-state index contributed by atoms with van der Waals surface area (Å²) in [6.07, 6.45) is 1.44. The van der Waals surface area contributed by atoms with Crippen molar-refractivity contribution < 1.29 is 9.32 Å². The third-order valence-corrected chi connectivity index (χ3v) is 2.64. The van der Waals surface area contributed by atoms with E-state index in [0.29, 0.717) is 10.7 Å². The molecule has 18 heavy (non-hydrogen) atoms. The summed E-state index contributed by atoms with van der Waals surface area (Å²) in [5, 5.41) is 9.16. The summed E-state index contributed by atoms with van der Waals surface area (Å²) in [5.74, 6) is 0.272. The van der Waals surface area contributed by atoms with Crippen LogP contribution < -0.4 is 10.6 Å². The minimum Gasteiger partial charge on any atom is -0.338 e. The van der Waals surface area contributed by atoms with E-state index in [1.54, 1.807) is 12.1 Å². The highest BCUT2D eigenvalue weighted by atomic mass is 35.5. The van der Waals surface area contributed by atoms with E-state index in [1.807, 2.05) is 19.9 Å². The Kier molecular flexibility index (Phi) is 3.53. The molecular formula is C12H12ClN3O2. The lowest BCUT2D eigenvalue weighted by Gasteiger charge is -2.11. The molecule has 2 amide bonds. The summed E-state index contributed by atoms with van der Waals surface area (Å²) in [6.45, 7) is 3.82. The number of rotatable bonds is 2. The van der Waals surface area contributed by atoms with Gasteiger partial charge in [0.1, 0.15) is 0 Å². The number of carbonyl (C=O) groups is 1. The average Bonchev–Trinajstić information content (AvgIpc) is 2.76. The van der Waals surface area contributed by atoms with Crippen molar-refractivity contribution in [1.29, 1.82) is 0 Å². The van der Waals surface area contributed by atoms with Gasteiger partial charge in [-0.15, -0.1) is 0 Å². The van der Waals surface area contributed by atoms with E-state index < -0.39 is 6.03 Å². The number of benzene rings is 1. The molecule has 0 aliphatic rings. The van der Waals surface area contributed by atoms with E-state index in [1.165, 1.54) is 6.20 Å². The minimum atomic E-state index is -0.430. The zero-order chi connectivity index (χ0) is 13.1. The molecule has 0 aliphatic carbocycles. The Balaban J connectivity index is 2.12. The van der Waals surface area contributed by atoms with Crippen LogP contribution in [0.15, 0.2) is 28.9 Å². The number of hydrogen-bond donors (Lipinski definition) is 2. The molecule has 2 rings (SSSR count). The highest BCUT2D eigenvalue weighted by molar-refractivity contribution is 6.34. The fourth-order valence-corrected chi connectivity index (χ4v) is 1.98. The highest BCUT2D eigenvalue weighted by Gasteiger charge is 2.10. The number of nitrogens with zero attached hydrogens (tertiary/aromatic N) is 1. The maximum Gasteiger partial charge on any atom is 0.326 e. The van der Waals surface area contributed by atoms with Crippen molar-refractivity contribution in [3.63, 3.8) is 0 Å². The van der Waals surface area contributed by atoms with Crippen LogP contribution in [0.25, 0.3) is 0 Å². The lowest BCUT2D eigenvalue weighted by atomic mass is 10.1. The normalized spacial score (nSPS) is 10.2. The van der Waals surface area contributed by atoms with Crippen molar-refractivity contribution in [2.24, 2.45) is 0 Å². The maximum absolute atomic E-state index is 11.7. The molecule has 5 nitrogen and oxygen atoms in total. The smallest absolute Gasteiger partial charge is 0.326 e. The van der Waals surface area contributed by atoms with E-state index in [0.717, 1.165) is 11.1 Å². The molecule has 94 valence electrons. The van der Waals surface area contributed by atoms with Gasteiger partial charge in [0.15, 0.2) is 0 Å². The largest absolute Gasteiger partial charge is 0.338 e. The summed E-state index contributed by atoms with van der Waals surface area (Å²) in [6, 6.07) is 4.85.